The van der Waals surface area contributed by atoms with E-state index < -0.39 is 0 Å². The maximum atomic E-state index is 5.95. The second kappa shape index (κ2) is 8.11. The lowest BCUT2D eigenvalue weighted by atomic mass is 10.1. The number of rotatable bonds is 8. The van der Waals surface area contributed by atoms with E-state index in [9.17, 15) is 0 Å². The number of hydrogen-bond acceptors (Lipinski definition) is 1. The van der Waals surface area contributed by atoms with Crippen LogP contribution in [0.4, 0.5) is 0 Å². The molecule has 1 aliphatic heterocycles. The minimum atomic E-state index is 0.834. The number of likely N-dealkylation sites (tertiary alicyclic amines) is 1. The van der Waals surface area contributed by atoms with E-state index in [1.807, 2.05) is 6.08 Å². The van der Waals surface area contributed by atoms with Crippen molar-refractivity contribution in [1.29, 1.82) is 0 Å². The van der Waals surface area contributed by atoms with Crippen molar-refractivity contribution in [2.24, 2.45) is 0 Å². The Labute approximate surface area is 123 Å². The van der Waals surface area contributed by atoms with Gasteiger partial charge >= 0.3 is 0 Å². The molecule has 0 amide bonds. The van der Waals surface area contributed by atoms with Crippen molar-refractivity contribution in [3.63, 3.8) is 0 Å². The molecule has 0 aliphatic carbocycles. The maximum absolute atomic E-state index is 5.95. The first kappa shape index (κ1) is 15.1. The van der Waals surface area contributed by atoms with Crippen molar-refractivity contribution in [3.05, 3.63) is 42.0 Å². The SMILES string of the molecule is C=CCc1cc(C)ccc1OCCCC[NH+]1CCCC1. The molecule has 1 aromatic rings. The molecule has 0 atom stereocenters. The van der Waals surface area contributed by atoms with Gasteiger partial charge in [-0.25, -0.2) is 0 Å². The smallest absolute Gasteiger partial charge is 0.122 e. The van der Waals surface area contributed by atoms with Gasteiger partial charge in [-0.05, 0) is 37.8 Å². The molecule has 0 saturated carbocycles. The highest BCUT2D eigenvalue weighted by Crippen LogP contribution is 2.21. The molecule has 1 fully saturated rings. The Kier molecular flexibility index (Phi) is 6.13. The molecule has 0 aromatic heterocycles. The van der Waals surface area contributed by atoms with Crippen LogP contribution in [0.2, 0.25) is 0 Å². The van der Waals surface area contributed by atoms with Crippen molar-refractivity contribution in [3.8, 4) is 5.75 Å². The van der Waals surface area contributed by atoms with Crippen LogP contribution in [-0.2, 0) is 6.42 Å². The summed E-state index contributed by atoms with van der Waals surface area (Å²) in [5.74, 6) is 1.03. The maximum Gasteiger partial charge on any atom is 0.122 e. The lowest BCUT2D eigenvalue weighted by Gasteiger charge is -2.13. The summed E-state index contributed by atoms with van der Waals surface area (Å²) >= 11 is 0. The largest absolute Gasteiger partial charge is 0.493 e. The molecule has 0 radical (unpaired) electrons. The van der Waals surface area contributed by atoms with Crippen molar-refractivity contribution in [2.75, 3.05) is 26.2 Å². The summed E-state index contributed by atoms with van der Waals surface area (Å²) in [7, 11) is 0. The van der Waals surface area contributed by atoms with E-state index in [2.05, 4.69) is 31.7 Å². The summed E-state index contributed by atoms with van der Waals surface area (Å²) in [4.78, 5) is 1.78. The molecular weight excluding hydrogens is 246 g/mol. The number of quaternary nitrogens is 1. The van der Waals surface area contributed by atoms with E-state index in [4.69, 9.17) is 4.74 Å². The Morgan fingerprint density at radius 3 is 2.80 bits per heavy atom. The van der Waals surface area contributed by atoms with Crippen LogP contribution in [0.15, 0.2) is 30.9 Å². The monoisotopic (exact) mass is 274 g/mol. The molecule has 2 nitrogen and oxygen atoms in total. The van der Waals surface area contributed by atoms with Crippen LogP contribution in [0.3, 0.4) is 0 Å². The fourth-order valence-corrected chi connectivity index (χ4v) is 2.95. The van der Waals surface area contributed by atoms with Crippen LogP contribution in [0.1, 0.15) is 36.8 Å². The predicted octanol–water partition coefficient (Wildman–Crippen LogP) is 2.56. The standard InChI is InChI=1S/C18H27NO/c1-3-8-17-15-16(2)9-10-18(17)20-14-7-6-13-19-11-4-5-12-19/h3,9-10,15H,1,4-8,11-14H2,2H3/p+1. The molecule has 2 heteroatoms. The van der Waals surface area contributed by atoms with Gasteiger partial charge in [0.05, 0.1) is 26.2 Å². The zero-order valence-electron chi connectivity index (χ0n) is 12.8. The van der Waals surface area contributed by atoms with Crippen molar-refractivity contribution < 1.29 is 9.64 Å². The molecule has 0 bridgehead atoms. The first-order valence-electron chi connectivity index (χ1n) is 7.96. The Morgan fingerprint density at radius 2 is 2.05 bits per heavy atom. The first-order valence-corrected chi connectivity index (χ1v) is 7.96. The summed E-state index contributed by atoms with van der Waals surface area (Å²) in [6.07, 6.45) is 8.09. The molecule has 1 N–H and O–H groups in total. The van der Waals surface area contributed by atoms with Gasteiger partial charge in [0, 0.05) is 12.8 Å². The number of nitrogens with one attached hydrogen (secondary N) is 1. The zero-order valence-corrected chi connectivity index (χ0v) is 12.8. The number of allylic oxidation sites excluding steroid dienone is 1. The predicted molar refractivity (Wildman–Crippen MR) is 84.6 cm³/mol. The van der Waals surface area contributed by atoms with Crippen LogP contribution in [0.5, 0.6) is 5.75 Å². The van der Waals surface area contributed by atoms with Gasteiger partial charge in [0.2, 0.25) is 0 Å². The summed E-state index contributed by atoms with van der Waals surface area (Å²) < 4.78 is 5.95. The van der Waals surface area contributed by atoms with E-state index in [0.29, 0.717) is 0 Å². The Morgan fingerprint density at radius 1 is 1.25 bits per heavy atom. The second-order valence-corrected chi connectivity index (χ2v) is 5.87. The third-order valence-corrected chi connectivity index (χ3v) is 4.07. The highest BCUT2D eigenvalue weighted by atomic mass is 16.5. The number of aryl methyl sites for hydroxylation is 1. The van der Waals surface area contributed by atoms with Crippen LogP contribution < -0.4 is 9.64 Å². The van der Waals surface area contributed by atoms with Crippen LogP contribution in [-0.4, -0.2) is 26.2 Å². The van der Waals surface area contributed by atoms with Crippen molar-refractivity contribution in [2.45, 2.75) is 39.0 Å². The average molecular weight is 274 g/mol. The number of unbranched alkanes of at least 4 members (excludes halogenated alkanes) is 1. The van der Waals surface area contributed by atoms with Gasteiger partial charge in [-0.3, -0.25) is 0 Å². The summed E-state index contributed by atoms with van der Waals surface area (Å²) in [6.45, 7) is 10.8. The third kappa shape index (κ3) is 4.68. The summed E-state index contributed by atoms with van der Waals surface area (Å²) in [5, 5.41) is 0. The van der Waals surface area contributed by atoms with E-state index >= 15 is 0 Å². The van der Waals surface area contributed by atoms with Crippen LogP contribution >= 0.6 is 0 Å². The van der Waals surface area contributed by atoms with E-state index in [1.54, 1.807) is 4.90 Å². The number of ether oxygens (including phenoxy) is 1. The lowest BCUT2D eigenvalue weighted by molar-refractivity contribution is -0.887. The van der Waals surface area contributed by atoms with Gasteiger partial charge in [-0.1, -0.05) is 23.8 Å². The third-order valence-electron chi connectivity index (χ3n) is 4.07. The van der Waals surface area contributed by atoms with E-state index in [0.717, 1.165) is 25.2 Å². The van der Waals surface area contributed by atoms with Gasteiger partial charge in [-0.2, -0.15) is 0 Å². The van der Waals surface area contributed by atoms with Gasteiger partial charge in [0.25, 0.3) is 0 Å². The topological polar surface area (TPSA) is 13.7 Å². The van der Waals surface area contributed by atoms with Crippen LogP contribution in [0.25, 0.3) is 0 Å². The van der Waals surface area contributed by atoms with Gasteiger partial charge in [0.15, 0.2) is 0 Å². The van der Waals surface area contributed by atoms with Gasteiger partial charge in [-0.15, -0.1) is 6.58 Å². The molecule has 1 aliphatic rings. The lowest BCUT2D eigenvalue weighted by Crippen LogP contribution is -3.09. The fraction of sp³-hybridized carbons (Fsp3) is 0.556. The molecule has 1 saturated heterocycles. The average Bonchev–Trinajstić information content (AvgIpc) is 2.94. The Balaban J connectivity index is 1.71. The highest BCUT2D eigenvalue weighted by molar-refractivity contribution is 5.38. The first-order chi connectivity index (χ1) is 9.79. The van der Waals surface area contributed by atoms with E-state index in [-0.39, 0.29) is 0 Å². The molecular formula is C18H28NO+. The quantitative estimate of drug-likeness (QED) is 0.568. The van der Waals surface area contributed by atoms with Crippen molar-refractivity contribution >= 4 is 0 Å². The fourth-order valence-electron chi connectivity index (χ4n) is 2.95. The molecule has 110 valence electrons. The summed E-state index contributed by atoms with van der Waals surface area (Å²) in [6, 6.07) is 6.42. The van der Waals surface area contributed by atoms with Crippen LogP contribution in [0, 0.1) is 6.92 Å². The van der Waals surface area contributed by atoms with Gasteiger partial charge < -0.3 is 9.64 Å². The number of benzene rings is 1. The Bertz CT molecular complexity index is 421. The normalized spacial score (nSPS) is 15.4. The molecule has 0 unspecified atom stereocenters. The minimum Gasteiger partial charge on any atom is -0.493 e. The number of hydrogen-bond donors (Lipinski definition) is 1. The van der Waals surface area contributed by atoms with E-state index in [1.165, 1.54) is 50.0 Å². The van der Waals surface area contributed by atoms with Gasteiger partial charge in [0.1, 0.15) is 5.75 Å². The molecule has 1 aromatic carbocycles. The second-order valence-electron chi connectivity index (χ2n) is 5.87. The zero-order chi connectivity index (χ0) is 14.2. The minimum absolute atomic E-state index is 0.834. The molecule has 2 rings (SSSR count). The molecule has 20 heavy (non-hydrogen) atoms. The summed E-state index contributed by atoms with van der Waals surface area (Å²) in [5.41, 5.74) is 2.54. The van der Waals surface area contributed by atoms with Crippen molar-refractivity contribution in [1.82, 2.24) is 0 Å². The molecule has 0 spiro atoms. The highest BCUT2D eigenvalue weighted by Gasteiger charge is 2.14. The molecule has 1 heterocycles. The Hall–Kier alpha value is -1.28.